The molecule has 1 N–H and O–H groups in total. The highest BCUT2D eigenvalue weighted by molar-refractivity contribution is 6.30. The minimum absolute atomic E-state index is 0.124. The van der Waals surface area contributed by atoms with Crippen molar-refractivity contribution in [1.29, 1.82) is 0 Å². The fraction of sp³-hybridized carbons (Fsp3) is 0.300. The summed E-state index contributed by atoms with van der Waals surface area (Å²) in [5.74, 6) is -0.299. The second kappa shape index (κ2) is 9.60. The van der Waals surface area contributed by atoms with E-state index in [0.29, 0.717) is 23.1 Å². The largest absolute Gasteiger partial charge is 0.355 e. The van der Waals surface area contributed by atoms with Gasteiger partial charge in [0.1, 0.15) is 6.04 Å². The average Bonchev–Trinajstić information content (AvgIpc) is 2.62. The second-order valence-corrected chi connectivity index (χ2v) is 6.89. The van der Waals surface area contributed by atoms with Crippen LogP contribution < -0.4 is 5.32 Å². The number of halogens is 2. The third-order valence-corrected chi connectivity index (χ3v) is 4.56. The molecule has 0 radical (unpaired) electrons. The van der Waals surface area contributed by atoms with Crippen LogP contribution in [0.5, 0.6) is 0 Å². The molecule has 0 aliphatic carbocycles. The summed E-state index contributed by atoms with van der Waals surface area (Å²) in [6, 6.07) is 13.8. The molecule has 4 nitrogen and oxygen atoms in total. The summed E-state index contributed by atoms with van der Waals surface area (Å²) < 4.78 is 0. The van der Waals surface area contributed by atoms with Crippen LogP contribution in [0.25, 0.3) is 0 Å². The van der Waals surface area contributed by atoms with Crippen molar-refractivity contribution >= 4 is 35.0 Å². The molecular weight excluding hydrogens is 371 g/mol. The van der Waals surface area contributed by atoms with Crippen LogP contribution in [-0.4, -0.2) is 29.3 Å². The lowest BCUT2D eigenvalue weighted by Gasteiger charge is -2.29. The molecule has 0 aromatic heterocycles. The first-order valence-corrected chi connectivity index (χ1v) is 9.22. The van der Waals surface area contributed by atoms with Crippen molar-refractivity contribution < 1.29 is 9.59 Å². The third kappa shape index (κ3) is 5.75. The number of hydrogen-bond acceptors (Lipinski definition) is 2. The summed E-state index contributed by atoms with van der Waals surface area (Å²) >= 11 is 11.8. The summed E-state index contributed by atoms with van der Waals surface area (Å²) in [6.45, 7) is 4.44. The van der Waals surface area contributed by atoms with Crippen molar-refractivity contribution in [3.63, 3.8) is 0 Å². The van der Waals surface area contributed by atoms with Crippen molar-refractivity contribution in [2.45, 2.75) is 32.9 Å². The zero-order valence-electron chi connectivity index (χ0n) is 14.8. The lowest BCUT2D eigenvalue weighted by molar-refractivity contribution is -0.140. The molecule has 6 heteroatoms. The minimum Gasteiger partial charge on any atom is -0.355 e. The Labute approximate surface area is 164 Å². The van der Waals surface area contributed by atoms with Gasteiger partial charge in [-0.2, -0.15) is 0 Å². The monoisotopic (exact) mass is 392 g/mol. The molecule has 0 fully saturated rings. The first-order chi connectivity index (χ1) is 12.4. The van der Waals surface area contributed by atoms with E-state index in [4.69, 9.17) is 23.2 Å². The molecule has 0 heterocycles. The number of benzene rings is 2. The summed E-state index contributed by atoms with van der Waals surface area (Å²) in [5.41, 5.74) is 1.76. The van der Waals surface area contributed by atoms with Crippen LogP contribution in [0.15, 0.2) is 48.5 Å². The summed E-state index contributed by atoms with van der Waals surface area (Å²) in [4.78, 5) is 26.8. The van der Waals surface area contributed by atoms with E-state index in [0.717, 1.165) is 11.1 Å². The Morgan fingerprint density at radius 1 is 0.962 bits per heavy atom. The fourth-order valence-electron chi connectivity index (χ4n) is 2.57. The van der Waals surface area contributed by atoms with Gasteiger partial charge in [0.2, 0.25) is 11.8 Å². The highest BCUT2D eigenvalue weighted by atomic mass is 35.5. The maximum Gasteiger partial charge on any atom is 0.242 e. The minimum atomic E-state index is -0.578. The zero-order chi connectivity index (χ0) is 19.1. The second-order valence-electron chi connectivity index (χ2n) is 6.02. The number of carbonyl (C=O) groups is 2. The first-order valence-electron chi connectivity index (χ1n) is 8.46. The van der Waals surface area contributed by atoms with Gasteiger partial charge in [-0.25, -0.2) is 0 Å². The molecule has 0 saturated carbocycles. The van der Waals surface area contributed by atoms with E-state index in [9.17, 15) is 9.59 Å². The molecule has 0 unspecified atom stereocenters. The summed E-state index contributed by atoms with van der Waals surface area (Å²) in [7, 11) is 0. The van der Waals surface area contributed by atoms with Gasteiger partial charge in [-0.15, -0.1) is 0 Å². The van der Waals surface area contributed by atoms with Crippen molar-refractivity contribution in [2.24, 2.45) is 0 Å². The van der Waals surface area contributed by atoms with Gasteiger partial charge >= 0.3 is 0 Å². The van der Waals surface area contributed by atoms with Gasteiger partial charge in [0.05, 0.1) is 6.42 Å². The highest BCUT2D eigenvalue weighted by Gasteiger charge is 2.25. The van der Waals surface area contributed by atoms with Gasteiger partial charge in [0.15, 0.2) is 0 Å². The van der Waals surface area contributed by atoms with Gasteiger partial charge in [-0.05, 0) is 49.2 Å². The van der Waals surface area contributed by atoms with E-state index in [2.05, 4.69) is 5.32 Å². The lowest BCUT2D eigenvalue weighted by atomic mass is 10.1. The van der Waals surface area contributed by atoms with Gasteiger partial charge in [-0.1, -0.05) is 47.5 Å². The van der Waals surface area contributed by atoms with Gasteiger partial charge in [0.25, 0.3) is 0 Å². The number of nitrogens with one attached hydrogen (secondary N) is 1. The molecule has 0 spiro atoms. The number of carbonyl (C=O) groups excluding carboxylic acids is 2. The first kappa shape index (κ1) is 20.3. The van der Waals surface area contributed by atoms with Crippen LogP contribution in [0.3, 0.4) is 0 Å². The molecule has 0 aliphatic heterocycles. The fourth-order valence-corrected chi connectivity index (χ4v) is 2.82. The SMILES string of the molecule is CCNC(=O)[C@@H](C)N(Cc1ccc(Cl)cc1)C(=O)Cc1ccc(Cl)cc1. The molecule has 0 bridgehead atoms. The van der Waals surface area contributed by atoms with Crippen LogP contribution in [-0.2, 0) is 22.6 Å². The average molecular weight is 393 g/mol. The lowest BCUT2D eigenvalue weighted by Crippen LogP contribution is -2.48. The summed E-state index contributed by atoms with van der Waals surface area (Å²) in [6.07, 6.45) is 0.203. The van der Waals surface area contributed by atoms with E-state index in [1.54, 1.807) is 36.1 Å². The van der Waals surface area contributed by atoms with Gasteiger partial charge < -0.3 is 10.2 Å². The van der Waals surface area contributed by atoms with Gasteiger partial charge in [-0.3, -0.25) is 9.59 Å². The van der Waals surface area contributed by atoms with E-state index in [-0.39, 0.29) is 18.2 Å². The Morgan fingerprint density at radius 3 is 1.96 bits per heavy atom. The molecule has 1 atom stereocenters. The number of hydrogen-bond donors (Lipinski definition) is 1. The van der Waals surface area contributed by atoms with Crippen molar-refractivity contribution in [1.82, 2.24) is 10.2 Å². The molecule has 26 heavy (non-hydrogen) atoms. The molecule has 2 rings (SSSR count). The van der Waals surface area contributed by atoms with Crippen molar-refractivity contribution in [2.75, 3.05) is 6.54 Å². The predicted molar refractivity (Wildman–Crippen MR) is 105 cm³/mol. The van der Waals surface area contributed by atoms with Crippen LogP contribution in [0.2, 0.25) is 10.0 Å². The molecule has 2 amide bonds. The van der Waals surface area contributed by atoms with Gasteiger partial charge in [0, 0.05) is 23.1 Å². The smallest absolute Gasteiger partial charge is 0.242 e. The van der Waals surface area contributed by atoms with E-state index in [1.165, 1.54) is 0 Å². The zero-order valence-corrected chi connectivity index (χ0v) is 16.3. The maximum absolute atomic E-state index is 12.9. The third-order valence-electron chi connectivity index (χ3n) is 4.05. The highest BCUT2D eigenvalue weighted by Crippen LogP contribution is 2.16. The molecule has 138 valence electrons. The molecular formula is C20H22Cl2N2O2. The number of amides is 2. The Morgan fingerprint density at radius 2 is 1.46 bits per heavy atom. The number of rotatable bonds is 7. The molecule has 2 aromatic rings. The predicted octanol–water partition coefficient (Wildman–Crippen LogP) is 4.09. The molecule has 0 aliphatic rings. The van der Waals surface area contributed by atoms with Crippen LogP contribution in [0.1, 0.15) is 25.0 Å². The Hall–Kier alpha value is -2.04. The normalized spacial score (nSPS) is 11.7. The topological polar surface area (TPSA) is 49.4 Å². The van der Waals surface area contributed by atoms with E-state index >= 15 is 0 Å². The quantitative estimate of drug-likeness (QED) is 0.771. The van der Waals surface area contributed by atoms with E-state index in [1.807, 2.05) is 31.2 Å². The van der Waals surface area contributed by atoms with Crippen LogP contribution >= 0.6 is 23.2 Å². The maximum atomic E-state index is 12.9. The molecule has 0 saturated heterocycles. The Bertz CT molecular complexity index is 745. The standard InChI is InChI=1S/C20H22Cl2N2O2/c1-3-23-20(26)14(2)24(13-16-6-10-18(22)11-7-16)19(25)12-15-4-8-17(21)9-5-15/h4-11,14H,3,12-13H2,1-2H3,(H,23,26)/t14-/m1/s1. The van der Waals surface area contributed by atoms with Crippen molar-refractivity contribution in [3.05, 3.63) is 69.7 Å². The molecule has 2 aromatic carbocycles. The van der Waals surface area contributed by atoms with E-state index < -0.39 is 6.04 Å². The number of likely N-dealkylation sites (N-methyl/N-ethyl adjacent to an activating group) is 1. The Balaban J connectivity index is 2.20. The Kier molecular flexibility index (Phi) is 7.49. The van der Waals surface area contributed by atoms with Crippen LogP contribution in [0, 0.1) is 0 Å². The van der Waals surface area contributed by atoms with Crippen LogP contribution in [0.4, 0.5) is 0 Å². The number of nitrogens with zero attached hydrogens (tertiary/aromatic N) is 1. The van der Waals surface area contributed by atoms with Crippen molar-refractivity contribution in [3.8, 4) is 0 Å². The summed E-state index contributed by atoms with van der Waals surface area (Å²) in [5, 5.41) is 4.02.